The molecule has 2 aromatic heterocycles. The smallest absolute Gasteiger partial charge is 0.274 e. The van der Waals surface area contributed by atoms with Crippen molar-refractivity contribution in [2.24, 2.45) is 0 Å². The molecule has 2 N–H and O–H groups in total. The van der Waals surface area contributed by atoms with Gasteiger partial charge in [0.05, 0.1) is 6.20 Å². The van der Waals surface area contributed by atoms with Crippen LogP contribution < -0.4 is 15.5 Å². The Labute approximate surface area is 197 Å². The van der Waals surface area contributed by atoms with Crippen molar-refractivity contribution in [1.82, 2.24) is 19.9 Å². The Balaban J connectivity index is 1.32. The van der Waals surface area contributed by atoms with Gasteiger partial charge in [0.15, 0.2) is 5.65 Å². The fourth-order valence-corrected chi connectivity index (χ4v) is 4.45. The second kappa shape index (κ2) is 9.21. The summed E-state index contributed by atoms with van der Waals surface area (Å²) in [5.41, 5.74) is 4.54. The predicted octanol–water partition coefficient (Wildman–Crippen LogP) is 4.49. The first-order valence-corrected chi connectivity index (χ1v) is 11.5. The lowest BCUT2D eigenvalue weighted by Gasteiger charge is -2.19. The molecule has 33 heavy (non-hydrogen) atoms. The lowest BCUT2D eigenvalue weighted by Crippen LogP contribution is -2.32. The third kappa shape index (κ3) is 4.55. The number of carbonyl (C=O) groups excluding carboxylic acids is 1. The quantitative estimate of drug-likeness (QED) is 0.443. The summed E-state index contributed by atoms with van der Waals surface area (Å²) in [6, 6.07) is 17.7. The Hall–Kier alpha value is -3.42. The Morgan fingerprint density at radius 1 is 1.18 bits per heavy atom. The summed E-state index contributed by atoms with van der Waals surface area (Å²) in [5, 5.41) is 11.4. The Morgan fingerprint density at radius 2 is 2.03 bits per heavy atom. The number of nitrogens with zero attached hydrogens (tertiary/aromatic N) is 4. The van der Waals surface area contributed by atoms with Crippen LogP contribution in [0.15, 0.2) is 67.0 Å². The molecule has 8 heteroatoms. The van der Waals surface area contributed by atoms with Crippen LogP contribution in [0.2, 0.25) is 5.02 Å². The second-order valence-electron chi connectivity index (χ2n) is 8.14. The van der Waals surface area contributed by atoms with Crippen LogP contribution in [0.5, 0.6) is 0 Å². The van der Waals surface area contributed by atoms with Crippen molar-refractivity contribution in [3.05, 3.63) is 77.7 Å². The Kier molecular flexibility index (Phi) is 5.98. The average molecular weight is 461 g/mol. The molecule has 0 saturated carbocycles. The van der Waals surface area contributed by atoms with E-state index in [1.165, 1.54) is 5.69 Å². The molecule has 1 aliphatic rings. The van der Waals surface area contributed by atoms with Gasteiger partial charge in [0.2, 0.25) is 0 Å². The van der Waals surface area contributed by atoms with Crippen molar-refractivity contribution in [3.63, 3.8) is 0 Å². The van der Waals surface area contributed by atoms with Crippen LogP contribution in [-0.2, 0) is 0 Å². The summed E-state index contributed by atoms with van der Waals surface area (Å²) in [6.45, 7) is 5.17. The van der Waals surface area contributed by atoms with Crippen LogP contribution in [-0.4, -0.2) is 46.2 Å². The molecule has 3 heterocycles. The van der Waals surface area contributed by atoms with Gasteiger partial charge in [-0.15, -0.1) is 0 Å². The number of benzene rings is 2. The summed E-state index contributed by atoms with van der Waals surface area (Å²) in [4.78, 5) is 19.8. The Bertz CT molecular complexity index is 1290. The number of anilines is 2. The first-order chi connectivity index (χ1) is 16.1. The SMILES string of the molecule is CCN[C@@H]1CCN(c2ccc(NC(=O)c3ccn4ncc(-c5cccc(Cl)c5)c4n3)cc2)C1. The zero-order valence-electron chi connectivity index (χ0n) is 18.3. The number of carbonyl (C=O) groups is 1. The van der Waals surface area contributed by atoms with E-state index in [0.29, 0.717) is 22.4 Å². The van der Waals surface area contributed by atoms with E-state index < -0.39 is 0 Å². The molecule has 0 bridgehead atoms. The van der Waals surface area contributed by atoms with Crippen LogP contribution in [0, 0.1) is 0 Å². The molecule has 1 aliphatic heterocycles. The molecule has 1 atom stereocenters. The number of hydrogen-bond acceptors (Lipinski definition) is 5. The van der Waals surface area contributed by atoms with Crippen LogP contribution in [0.3, 0.4) is 0 Å². The molecule has 0 spiro atoms. The van der Waals surface area contributed by atoms with E-state index >= 15 is 0 Å². The van der Waals surface area contributed by atoms with Crippen molar-refractivity contribution in [3.8, 4) is 11.1 Å². The van der Waals surface area contributed by atoms with Crippen molar-refractivity contribution >= 4 is 34.5 Å². The fourth-order valence-electron chi connectivity index (χ4n) is 4.26. The highest BCUT2D eigenvalue weighted by Crippen LogP contribution is 2.26. The van der Waals surface area contributed by atoms with E-state index in [1.54, 1.807) is 23.0 Å². The minimum atomic E-state index is -0.267. The maximum absolute atomic E-state index is 12.9. The zero-order valence-corrected chi connectivity index (χ0v) is 19.1. The normalized spacial score (nSPS) is 15.8. The average Bonchev–Trinajstić information content (AvgIpc) is 3.46. The highest BCUT2D eigenvalue weighted by Gasteiger charge is 2.21. The van der Waals surface area contributed by atoms with Crippen LogP contribution >= 0.6 is 11.6 Å². The van der Waals surface area contributed by atoms with Gasteiger partial charge in [0, 0.05) is 47.3 Å². The number of likely N-dealkylation sites (N-methyl/N-ethyl adjacent to an activating group) is 1. The monoisotopic (exact) mass is 460 g/mol. The van der Waals surface area contributed by atoms with Gasteiger partial charge in [0.25, 0.3) is 5.91 Å². The van der Waals surface area contributed by atoms with Gasteiger partial charge in [0.1, 0.15) is 5.69 Å². The lowest BCUT2D eigenvalue weighted by atomic mass is 10.1. The molecule has 168 valence electrons. The molecule has 1 amide bonds. The topological polar surface area (TPSA) is 74.6 Å². The number of amides is 1. The van der Waals surface area contributed by atoms with Gasteiger partial charge in [-0.2, -0.15) is 5.10 Å². The number of aromatic nitrogens is 3. The fraction of sp³-hybridized carbons (Fsp3) is 0.240. The molecule has 7 nitrogen and oxygen atoms in total. The standard InChI is InChI=1S/C25H25ClN6O/c1-2-27-20-10-12-31(16-20)21-8-6-19(7-9-21)29-25(33)23-11-13-32-24(30-23)22(15-28-32)17-4-3-5-18(26)14-17/h3-9,11,13-15,20,27H,2,10,12,16H2,1H3,(H,29,33)/t20-/m1/s1. The number of hydrogen-bond donors (Lipinski definition) is 2. The first-order valence-electron chi connectivity index (χ1n) is 11.1. The minimum Gasteiger partial charge on any atom is -0.370 e. The molecular weight excluding hydrogens is 436 g/mol. The van der Waals surface area contributed by atoms with Crippen LogP contribution in [0.1, 0.15) is 23.8 Å². The summed E-state index contributed by atoms with van der Waals surface area (Å²) in [6.07, 6.45) is 4.61. The van der Waals surface area contributed by atoms with E-state index in [1.807, 2.05) is 36.4 Å². The molecule has 1 saturated heterocycles. The van der Waals surface area contributed by atoms with Gasteiger partial charge >= 0.3 is 0 Å². The van der Waals surface area contributed by atoms with Crippen molar-refractivity contribution in [1.29, 1.82) is 0 Å². The number of halogens is 1. The van der Waals surface area contributed by atoms with Gasteiger partial charge in [-0.3, -0.25) is 4.79 Å². The number of rotatable bonds is 6. The molecule has 1 fully saturated rings. The molecule has 4 aromatic rings. The highest BCUT2D eigenvalue weighted by molar-refractivity contribution is 6.30. The zero-order chi connectivity index (χ0) is 22.8. The maximum Gasteiger partial charge on any atom is 0.274 e. The van der Waals surface area contributed by atoms with Gasteiger partial charge in [-0.1, -0.05) is 30.7 Å². The van der Waals surface area contributed by atoms with E-state index in [-0.39, 0.29) is 5.91 Å². The van der Waals surface area contributed by atoms with E-state index in [2.05, 4.69) is 44.7 Å². The summed E-state index contributed by atoms with van der Waals surface area (Å²) >= 11 is 6.14. The van der Waals surface area contributed by atoms with Gasteiger partial charge < -0.3 is 15.5 Å². The second-order valence-corrected chi connectivity index (χ2v) is 8.58. The number of nitrogens with one attached hydrogen (secondary N) is 2. The summed E-state index contributed by atoms with van der Waals surface area (Å²) in [5.74, 6) is -0.267. The van der Waals surface area contributed by atoms with Crippen molar-refractivity contribution in [2.45, 2.75) is 19.4 Å². The van der Waals surface area contributed by atoms with Gasteiger partial charge in [-0.25, -0.2) is 9.50 Å². The molecule has 0 aliphatic carbocycles. The van der Waals surface area contributed by atoms with Crippen LogP contribution in [0.25, 0.3) is 16.8 Å². The van der Waals surface area contributed by atoms with E-state index in [0.717, 1.165) is 42.9 Å². The van der Waals surface area contributed by atoms with Crippen molar-refractivity contribution < 1.29 is 4.79 Å². The lowest BCUT2D eigenvalue weighted by molar-refractivity contribution is 0.102. The van der Waals surface area contributed by atoms with Crippen LogP contribution in [0.4, 0.5) is 11.4 Å². The molecule has 0 radical (unpaired) electrons. The van der Waals surface area contributed by atoms with Crippen molar-refractivity contribution in [2.75, 3.05) is 29.9 Å². The molecule has 2 aromatic carbocycles. The maximum atomic E-state index is 12.9. The number of fused-ring (bicyclic) bond motifs is 1. The third-order valence-electron chi connectivity index (χ3n) is 5.91. The van der Waals surface area contributed by atoms with E-state index in [9.17, 15) is 4.79 Å². The molecule has 5 rings (SSSR count). The Morgan fingerprint density at radius 3 is 2.82 bits per heavy atom. The third-order valence-corrected chi connectivity index (χ3v) is 6.14. The molecule has 0 unspecified atom stereocenters. The summed E-state index contributed by atoms with van der Waals surface area (Å²) < 4.78 is 1.65. The molecular formula is C25H25ClN6O. The largest absolute Gasteiger partial charge is 0.370 e. The summed E-state index contributed by atoms with van der Waals surface area (Å²) in [7, 11) is 0. The first kappa shape index (κ1) is 21.4. The van der Waals surface area contributed by atoms with E-state index in [4.69, 9.17) is 11.6 Å². The predicted molar refractivity (Wildman–Crippen MR) is 132 cm³/mol. The highest BCUT2D eigenvalue weighted by atomic mass is 35.5. The minimum absolute atomic E-state index is 0.267. The van der Waals surface area contributed by atoms with Gasteiger partial charge in [-0.05, 0) is 61.0 Å².